The van der Waals surface area contributed by atoms with E-state index in [0.29, 0.717) is 16.5 Å². The smallest absolute Gasteiger partial charge is 0.262 e. The zero-order chi connectivity index (χ0) is 18.5. The minimum absolute atomic E-state index is 0.0908. The van der Waals surface area contributed by atoms with Crippen molar-refractivity contribution in [3.8, 4) is 11.4 Å². The van der Waals surface area contributed by atoms with Crippen LogP contribution in [0.1, 0.15) is 25.5 Å². The SMILES string of the molecule is CC(C)c1cnnn1-c1cccc(NC(=O)COc2ccc(Cl)cc2)c1. The van der Waals surface area contributed by atoms with Gasteiger partial charge in [-0.2, -0.15) is 0 Å². The van der Waals surface area contributed by atoms with Gasteiger partial charge in [0.1, 0.15) is 5.75 Å². The van der Waals surface area contributed by atoms with Crippen LogP contribution in [0.3, 0.4) is 0 Å². The number of nitrogens with zero attached hydrogens (tertiary/aromatic N) is 3. The first-order valence-electron chi connectivity index (χ1n) is 8.22. The summed E-state index contributed by atoms with van der Waals surface area (Å²) in [5, 5.41) is 11.5. The number of carbonyl (C=O) groups is 1. The van der Waals surface area contributed by atoms with Crippen molar-refractivity contribution in [2.45, 2.75) is 19.8 Å². The van der Waals surface area contributed by atoms with Crippen LogP contribution in [0.25, 0.3) is 5.69 Å². The fourth-order valence-corrected chi connectivity index (χ4v) is 2.56. The second-order valence-corrected chi connectivity index (χ2v) is 6.50. The monoisotopic (exact) mass is 370 g/mol. The number of halogens is 1. The first kappa shape index (κ1) is 17.9. The normalized spacial score (nSPS) is 10.8. The van der Waals surface area contributed by atoms with E-state index in [4.69, 9.17) is 16.3 Å². The maximum atomic E-state index is 12.1. The summed E-state index contributed by atoms with van der Waals surface area (Å²) < 4.78 is 7.22. The maximum Gasteiger partial charge on any atom is 0.262 e. The minimum Gasteiger partial charge on any atom is -0.484 e. The number of ether oxygens (including phenoxy) is 1. The highest BCUT2D eigenvalue weighted by molar-refractivity contribution is 6.30. The zero-order valence-corrected chi connectivity index (χ0v) is 15.3. The summed E-state index contributed by atoms with van der Waals surface area (Å²) in [6.07, 6.45) is 1.75. The summed E-state index contributed by atoms with van der Waals surface area (Å²) >= 11 is 5.82. The van der Waals surface area contributed by atoms with E-state index in [1.54, 1.807) is 35.1 Å². The van der Waals surface area contributed by atoms with E-state index < -0.39 is 0 Å². The van der Waals surface area contributed by atoms with Gasteiger partial charge in [0.25, 0.3) is 5.91 Å². The number of amides is 1. The molecule has 1 heterocycles. The average Bonchev–Trinajstić information content (AvgIpc) is 3.12. The third-order valence-electron chi connectivity index (χ3n) is 3.73. The fraction of sp³-hybridized carbons (Fsp3) is 0.211. The molecule has 0 aliphatic carbocycles. The lowest BCUT2D eigenvalue weighted by Crippen LogP contribution is -2.20. The first-order chi connectivity index (χ1) is 12.5. The largest absolute Gasteiger partial charge is 0.484 e. The summed E-state index contributed by atoms with van der Waals surface area (Å²) in [6, 6.07) is 14.3. The maximum absolute atomic E-state index is 12.1. The Morgan fingerprint density at radius 1 is 1.23 bits per heavy atom. The van der Waals surface area contributed by atoms with Crippen molar-refractivity contribution in [2.75, 3.05) is 11.9 Å². The number of hydrogen-bond acceptors (Lipinski definition) is 4. The molecule has 3 rings (SSSR count). The van der Waals surface area contributed by atoms with Gasteiger partial charge in [-0.15, -0.1) is 5.10 Å². The van der Waals surface area contributed by atoms with Crippen molar-refractivity contribution < 1.29 is 9.53 Å². The van der Waals surface area contributed by atoms with E-state index in [0.717, 1.165) is 11.4 Å². The Balaban J connectivity index is 1.65. The number of anilines is 1. The predicted octanol–water partition coefficient (Wildman–Crippen LogP) is 4.06. The standard InChI is InChI=1S/C19H19ClN4O2/c1-13(2)18-11-21-23-24(18)16-5-3-4-15(10-16)22-19(25)12-26-17-8-6-14(20)7-9-17/h3-11,13H,12H2,1-2H3,(H,22,25). The van der Waals surface area contributed by atoms with Gasteiger partial charge in [0.2, 0.25) is 0 Å². The molecule has 134 valence electrons. The Labute approximate surface area is 156 Å². The van der Waals surface area contributed by atoms with Gasteiger partial charge in [0.05, 0.1) is 17.6 Å². The lowest BCUT2D eigenvalue weighted by Gasteiger charge is -2.11. The highest BCUT2D eigenvalue weighted by Crippen LogP contribution is 2.20. The number of rotatable bonds is 6. The van der Waals surface area contributed by atoms with E-state index >= 15 is 0 Å². The third kappa shape index (κ3) is 4.40. The molecule has 3 aromatic rings. The van der Waals surface area contributed by atoms with Crippen LogP contribution < -0.4 is 10.1 Å². The Hall–Kier alpha value is -2.86. The van der Waals surface area contributed by atoms with Gasteiger partial charge in [-0.1, -0.05) is 36.7 Å². The van der Waals surface area contributed by atoms with Crippen LogP contribution in [0.2, 0.25) is 5.02 Å². The van der Waals surface area contributed by atoms with Crippen LogP contribution in [-0.2, 0) is 4.79 Å². The van der Waals surface area contributed by atoms with Gasteiger partial charge in [0, 0.05) is 10.7 Å². The number of carbonyl (C=O) groups excluding carboxylic acids is 1. The van der Waals surface area contributed by atoms with Gasteiger partial charge in [-0.3, -0.25) is 4.79 Å². The van der Waals surface area contributed by atoms with Gasteiger partial charge >= 0.3 is 0 Å². The topological polar surface area (TPSA) is 69.0 Å². The molecule has 0 fully saturated rings. The third-order valence-corrected chi connectivity index (χ3v) is 3.98. The highest BCUT2D eigenvalue weighted by atomic mass is 35.5. The Kier molecular flexibility index (Phi) is 5.53. The van der Waals surface area contributed by atoms with Crippen LogP contribution in [0.5, 0.6) is 5.75 Å². The Morgan fingerprint density at radius 2 is 2.00 bits per heavy atom. The molecule has 0 aliphatic heterocycles. The summed E-state index contributed by atoms with van der Waals surface area (Å²) in [7, 11) is 0. The van der Waals surface area contributed by atoms with E-state index in [-0.39, 0.29) is 18.4 Å². The molecule has 26 heavy (non-hydrogen) atoms. The van der Waals surface area contributed by atoms with Crippen molar-refractivity contribution in [3.63, 3.8) is 0 Å². The van der Waals surface area contributed by atoms with Crippen LogP contribution in [0, 0.1) is 0 Å². The van der Waals surface area contributed by atoms with E-state index in [9.17, 15) is 4.79 Å². The van der Waals surface area contributed by atoms with Crippen molar-refractivity contribution in [1.29, 1.82) is 0 Å². The quantitative estimate of drug-likeness (QED) is 0.710. The molecule has 7 heteroatoms. The van der Waals surface area contributed by atoms with Gasteiger partial charge < -0.3 is 10.1 Å². The summed E-state index contributed by atoms with van der Waals surface area (Å²) in [5.41, 5.74) is 2.50. The van der Waals surface area contributed by atoms with E-state index in [1.165, 1.54) is 0 Å². The molecule has 0 bridgehead atoms. The predicted molar refractivity (Wildman–Crippen MR) is 101 cm³/mol. The lowest BCUT2D eigenvalue weighted by atomic mass is 10.1. The number of hydrogen-bond donors (Lipinski definition) is 1. The molecule has 2 aromatic carbocycles. The summed E-state index contributed by atoms with van der Waals surface area (Å²) in [6.45, 7) is 4.07. The summed E-state index contributed by atoms with van der Waals surface area (Å²) in [5.74, 6) is 0.623. The minimum atomic E-state index is -0.250. The number of aromatic nitrogens is 3. The number of benzene rings is 2. The first-order valence-corrected chi connectivity index (χ1v) is 8.60. The van der Waals surface area contributed by atoms with Crippen LogP contribution in [0.4, 0.5) is 5.69 Å². The molecule has 6 nitrogen and oxygen atoms in total. The van der Waals surface area contributed by atoms with Crippen molar-refractivity contribution in [2.24, 2.45) is 0 Å². The Bertz CT molecular complexity index is 891. The van der Waals surface area contributed by atoms with E-state index in [1.807, 2.05) is 24.3 Å². The molecule has 0 radical (unpaired) electrons. The fourth-order valence-electron chi connectivity index (χ4n) is 2.43. The molecule has 1 N–H and O–H groups in total. The molecule has 1 amide bonds. The zero-order valence-electron chi connectivity index (χ0n) is 14.5. The second-order valence-electron chi connectivity index (χ2n) is 6.07. The van der Waals surface area contributed by atoms with E-state index in [2.05, 4.69) is 29.5 Å². The Morgan fingerprint density at radius 3 is 2.73 bits per heavy atom. The van der Waals surface area contributed by atoms with Gasteiger partial charge in [-0.05, 0) is 48.4 Å². The van der Waals surface area contributed by atoms with Gasteiger partial charge in [0.15, 0.2) is 6.61 Å². The molecule has 0 saturated carbocycles. The molecular weight excluding hydrogens is 352 g/mol. The van der Waals surface area contributed by atoms with Gasteiger partial charge in [-0.25, -0.2) is 4.68 Å². The highest BCUT2D eigenvalue weighted by Gasteiger charge is 2.11. The van der Waals surface area contributed by atoms with Crippen molar-refractivity contribution in [1.82, 2.24) is 15.0 Å². The summed E-state index contributed by atoms with van der Waals surface area (Å²) in [4.78, 5) is 12.1. The molecule has 0 saturated heterocycles. The molecule has 0 spiro atoms. The second kappa shape index (κ2) is 8.01. The molecule has 0 aliphatic rings. The van der Waals surface area contributed by atoms with Crippen LogP contribution in [0.15, 0.2) is 54.7 Å². The number of nitrogens with one attached hydrogen (secondary N) is 1. The lowest BCUT2D eigenvalue weighted by molar-refractivity contribution is -0.118. The average molecular weight is 371 g/mol. The van der Waals surface area contributed by atoms with Crippen LogP contribution >= 0.6 is 11.6 Å². The van der Waals surface area contributed by atoms with Crippen molar-refractivity contribution >= 4 is 23.2 Å². The van der Waals surface area contributed by atoms with Crippen LogP contribution in [-0.4, -0.2) is 27.5 Å². The molecule has 1 aromatic heterocycles. The molecular formula is C19H19ClN4O2. The van der Waals surface area contributed by atoms with Crippen molar-refractivity contribution in [3.05, 3.63) is 65.4 Å². The molecule has 0 atom stereocenters. The molecule has 0 unspecified atom stereocenters.